The Hall–Kier alpha value is -2.82. The van der Waals surface area contributed by atoms with Gasteiger partial charge >= 0.3 is 0 Å². The number of aryl methyl sites for hydroxylation is 2. The number of methoxy groups -OCH3 is 1. The molecule has 0 bridgehead atoms. The van der Waals surface area contributed by atoms with E-state index < -0.39 is 0 Å². The van der Waals surface area contributed by atoms with Crippen molar-refractivity contribution in [2.45, 2.75) is 32.2 Å². The Labute approximate surface area is 147 Å². The van der Waals surface area contributed by atoms with Crippen molar-refractivity contribution < 1.29 is 14.3 Å². The number of anilines is 1. The van der Waals surface area contributed by atoms with Gasteiger partial charge in [0.15, 0.2) is 0 Å². The summed E-state index contributed by atoms with van der Waals surface area (Å²) >= 11 is 0. The molecule has 5 nitrogen and oxygen atoms in total. The van der Waals surface area contributed by atoms with E-state index in [2.05, 4.69) is 16.7 Å². The third-order valence-electron chi connectivity index (χ3n) is 4.35. The number of carbonyl (C=O) groups is 2. The molecule has 0 aromatic heterocycles. The molecule has 0 atom stereocenters. The van der Waals surface area contributed by atoms with Crippen molar-refractivity contribution in [2.75, 3.05) is 12.4 Å². The van der Waals surface area contributed by atoms with Crippen molar-refractivity contribution >= 4 is 17.5 Å². The summed E-state index contributed by atoms with van der Waals surface area (Å²) in [5.74, 6) is 0.908. The predicted molar refractivity (Wildman–Crippen MR) is 96.6 cm³/mol. The number of hydrogen-bond donors (Lipinski definition) is 2. The first-order valence-electron chi connectivity index (χ1n) is 8.45. The highest BCUT2D eigenvalue weighted by Gasteiger charge is 2.14. The van der Waals surface area contributed by atoms with Gasteiger partial charge in [-0.05, 0) is 47.7 Å². The fourth-order valence-corrected chi connectivity index (χ4v) is 2.89. The molecule has 0 spiro atoms. The molecule has 25 heavy (non-hydrogen) atoms. The number of rotatable bonds is 6. The van der Waals surface area contributed by atoms with Crippen LogP contribution in [0.5, 0.6) is 5.75 Å². The zero-order valence-corrected chi connectivity index (χ0v) is 14.3. The van der Waals surface area contributed by atoms with E-state index in [1.54, 1.807) is 7.11 Å². The minimum absolute atomic E-state index is 0.0295. The fourth-order valence-electron chi connectivity index (χ4n) is 2.89. The molecule has 2 N–H and O–H groups in total. The van der Waals surface area contributed by atoms with Gasteiger partial charge in [-0.1, -0.05) is 24.3 Å². The number of nitrogens with one attached hydrogen (secondary N) is 2. The standard InChI is InChI=1S/C20H22N2O3/c1-25-17-7-2-14(3-8-17)5-10-19(23)21-13-15-4-9-18-16(12-15)6-11-20(24)22-18/h2-4,7-9,12H,5-6,10-11,13H2,1H3,(H,21,23)(H,22,24). The SMILES string of the molecule is COc1ccc(CCC(=O)NCc2ccc3c(c2)CCC(=O)N3)cc1. The molecule has 2 amide bonds. The molecule has 0 unspecified atom stereocenters. The smallest absolute Gasteiger partial charge is 0.224 e. The van der Waals surface area contributed by atoms with Crippen LogP contribution in [0.25, 0.3) is 0 Å². The maximum atomic E-state index is 12.1. The lowest BCUT2D eigenvalue weighted by atomic mass is 10.0. The normalized spacial score (nSPS) is 12.9. The van der Waals surface area contributed by atoms with Crippen LogP contribution < -0.4 is 15.4 Å². The first-order chi connectivity index (χ1) is 12.1. The molecule has 1 aliphatic rings. The summed E-state index contributed by atoms with van der Waals surface area (Å²) < 4.78 is 5.13. The molecule has 0 fully saturated rings. The van der Waals surface area contributed by atoms with Crippen LogP contribution in [0.15, 0.2) is 42.5 Å². The lowest BCUT2D eigenvalue weighted by molar-refractivity contribution is -0.121. The second-order valence-electron chi connectivity index (χ2n) is 6.16. The summed E-state index contributed by atoms with van der Waals surface area (Å²) in [7, 11) is 1.64. The summed E-state index contributed by atoms with van der Waals surface area (Å²) in [4.78, 5) is 23.4. The van der Waals surface area contributed by atoms with E-state index >= 15 is 0 Å². The summed E-state index contributed by atoms with van der Waals surface area (Å²) in [6.07, 6.45) is 2.42. The van der Waals surface area contributed by atoms with Crippen molar-refractivity contribution in [1.82, 2.24) is 5.32 Å². The zero-order chi connectivity index (χ0) is 17.6. The lowest BCUT2D eigenvalue weighted by Gasteiger charge is -2.17. The molecule has 0 radical (unpaired) electrons. The van der Waals surface area contributed by atoms with Gasteiger partial charge in [-0.15, -0.1) is 0 Å². The van der Waals surface area contributed by atoms with Gasteiger partial charge in [0, 0.05) is 25.1 Å². The Morgan fingerprint density at radius 3 is 2.64 bits per heavy atom. The average Bonchev–Trinajstić information content (AvgIpc) is 2.65. The molecule has 2 aromatic rings. The topological polar surface area (TPSA) is 67.4 Å². The molecule has 0 saturated carbocycles. The van der Waals surface area contributed by atoms with E-state index in [0.29, 0.717) is 25.8 Å². The monoisotopic (exact) mass is 338 g/mol. The van der Waals surface area contributed by atoms with Gasteiger partial charge in [0.2, 0.25) is 11.8 Å². The van der Waals surface area contributed by atoms with Crippen molar-refractivity contribution in [3.63, 3.8) is 0 Å². The Kier molecular flexibility index (Phi) is 5.33. The van der Waals surface area contributed by atoms with E-state index in [9.17, 15) is 9.59 Å². The number of benzene rings is 2. The van der Waals surface area contributed by atoms with Gasteiger partial charge in [0.25, 0.3) is 0 Å². The highest BCUT2D eigenvalue weighted by Crippen LogP contribution is 2.23. The van der Waals surface area contributed by atoms with Gasteiger partial charge < -0.3 is 15.4 Å². The number of hydrogen-bond acceptors (Lipinski definition) is 3. The Morgan fingerprint density at radius 1 is 1.12 bits per heavy atom. The van der Waals surface area contributed by atoms with Gasteiger partial charge in [-0.2, -0.15) is 0 Å². The third-order valence-corrected chi connectivity index (χ3v) is 4.35. The molecule has 3 rings (SSSR count). The predicted octanol–water partition coefficient (Wildman–Crippen LogP) is 2.83. The molecule has 130 valence electrons. The second kappa shape index (κ2) is 7.83. The molecule has 1 aliphatic heterocycles. The van der Waals surface area contributed by atoms with Crippen LogP contribution in [0.1, 0.15) is 29.5 Å². The van der Waals surface area contributed by atoms with E-state index in [4.69, 9.17) is 4.74 Å². The van der Waals surface area contributed by atoms with Crippen LogP contribution in [0.2, 0.25) is 0 Å². The van der Waals surface area contributed by atoms with E-state index in [1.165, 1.54) is 0 Å². The Morgan fingerprint density at radius 2 is 1.88 bits per heavy atom. The molecule has 0 saturated heterocycles. The number of amides is 2. The van der Waals surface area contributed by atoms with Gasteiger partial charge in [-0.3, -0.25) is 9.59 Å². The number of carbonyl (C=O) groups excluding carboxylic acids is 2. The first kappa shape index (κ1) is 17.0. The fraction of sp³-hybridized carbons (Fsp3) is 0.300. The molecular formula is C20H22N2O3. The number of fused-ring (bicyclic) bond motifs is 1. The van der Waals surface area contributed by atoms with Crippen LogP contribution in [0.3, 0.4) is 0 Å². The maximum Gasteiger partial charge on any atom is 0.224 e. The quantitative estimate of drug-likeness (QED) is 0.851. The van der Waals surface area contributed by atoms with Crippen LogP contribution in [0.4, 0.5) is 5.69 Å². The van der Waals surface area contributed by atoms with E-state index in [-0.39, 0.29) is 11.8 Å². The Balaban J connectivity index is 1.48. The summed E-state index contributed by atoms with van der Waals surface area (Å²) in [6, 6.07) is 13.7. The van der Waals surface area contributed by atoms with Crippen molar-refractivity contribution in [2.24, 2.45) is 0 Å². The van der Waals surface area contributed by atoms with Crippen molar-refractivity contribution in [1.29, 1.82) is 0 Å². The van der Waals surface area contributed by atoms with E-state index in [0.717, 1.165) is 34.5 Å². The first-order valence-corrected chi connectivity index (χ1v) is 8.45. The van der Waals surface area contributed by atoms with Crippen LogP contribution in [-0.4, -0.2) is 18.9 Å². The maximum absolute atomic E-state index is 12.1. The van der Waals surface area contributed by atoms with Gasteiger partial charge in [-0.25, -0.2) is 0 Å². The van der Waals surface area contributed by atoms with Crippen LogP contribution in [0, 0.1) is 0 Å². The second-order valence-corrected chi connectivity index (χ2v) is 6.16. The lowest BCUT2D eigenvalue weighted by Crippen LogP contribution is -2.23. The molecule has 0 aliphatic carbocycles. The van der Waals surface area contributed by atoms with Gasteiger partial charge in [0.1, 0.15) is 5.75 Å². The largest absolute Gasteiger partial charge is 0.497 e. The van der Waals surface area contributed by atoms with E-state index in [1.807, 2.05) is 36.4 Å². The average molecular weight is 338 g/mol. The highest BCUT2D eigenvalue weighted by atomic mass is 16.5. The molecule has 2 aromatic carbocycles. The van der Waals surface area contributed by atoms with Crippen LogP contribution in [-0.2, 0) is 29.0 Å². The minimum atomic E-state index is 0.0295. The molecule has 5 heteroatoms. The third kappa shape index (κ3) is 4.59. The van der Waals surface area contributed by atoms with Crippen molar-refractivity contribution in [3.8, 4) is 5.75 Å². The van der Waals surface area contributed by atoms with Crippen molar-refractivity contribution in [3.05, 3.63) is 59.2 Å². The molecular weight excluding hydrogens is 316 g/mol. The summed E-state index contributed by atoms with van der Waals surface area (Å²) in [5.41, 5.74) is 4.17. The zero-order valence-electron chi connectivity index (χ0n) is 14.3. The minimum Gasteiger partial charge on any atom is -0.497 e. The molecule has 1 heterocycles. The highest BCUT2D eigenvalue weighted by molar-refractivity contribution is 5.93. The van der Waals surface area contributed by atoms with Gasteiger partial charge in [0.05, 0.1) is 7.11 Å². The van der Waals surface area contributed by atoms with Crippen LogP contribution >= 0.6 is 0 Å². The Bertz CT molecular complexity index is 769. The summed E-state index contributed by atoms with van der Waals surface area (Å²) in [5, 5.41) is 5.82. The summed E-state index contributed by atoms with van der Waals surface area (Å²) in [6.45, 7) is 0.503. The number of ether oxygens (including phenoxy) is 1.